The highest BCUT2D eigenvalue weighted by molar-refractivity contribution is 6.10. The number of rotatable bonds is 6. The zero-order chi connectivity index (χ0) is 34.4. The summed E-state index contributed by atoms with van der Waals surface area (Å²) >= 11 is 0. The first-order chi connectivity index (χ1) is 25.8. The molecule has 0 saturated carbocycles. The first kappa shape index (κ1) is 29.8. The van der Waals surface area contributed by atoms with Crippen molar-refractivity contribution >= 4 is 60.7 Å². The maximum Gasteiger partial charge on any atom is 0.0973 e. The molecule has 0 radical (unpaired) electrons. The predicted molar refractivity (Wildman–Crippen MR) is 217 cm³/mol. The molecular weight excluding hydrogens is 633 g/mol. The Bertz CT molecular complexity index is 2890. The molecule has 0 unspecified atom stereocenters. The maximum atomic E-state index is 5.20. The Morgan fingerprint density at radius 3 is 1.69 bits per heavy atom. The molecule has 0 saturated heterocycles. The molecule has 10 aromatic rings. The van der Waals surface area contributed by atoms with Gasteiger partial charge in [0, 0.05) is 44.6 Å². The van der Waals surface area contributed by atoms with Gasteiger partial charge in [0.25, 0.3) is 0 Å². The van der Waals surface area contributed by atoms with Gasteiger partial charge in [0.1, 0.15) is 0 Å². The van der Waals surface area contributed by atoms with Gasteiger partial charge in [-0.3, -0.25) is 0 Å². The van der Waals surface area contributed by atoms with Crippen LogP contribution in [0.5, 0.6) is 0 Å². The van der Waals surface area contributed by atoms with Crippen LogP contribution in [0.15, 0.2) is 194 Å². The lowest BCUT2D eigenvalue weighted by Crippen LogP contribution is -2.09. The zero-order valence-corrected chi connectivity index (χ0v) is 28.3. The lowest BCUT2D eigenvalue weighted by Gasteiger charge is -2.26. The van der Waals surface area contributed by atoms with E-state index in [1.165, 1.54) is 32.6 Å². The van der Waals surface area contributed by atoms with Gasteiger partial charge in [0.15, 0.2) is 0 Å². The van der Waals surface area contributed by atoms with Gasteiger partial charge in [-0.25, -0.2) is 9.97 Å². The average molecular weight is 665 g/mol. The predicted octanol–water partition coefficient (Wildman–Crippen LogP) is 12.7. The molecule has 4 nitrogen and oxygen atoms in total. The van der Waals surface area contributed by atoms with Gasteiger partial charge in [-0.1, -0.05) is 115 Å². The first-order valence-electron chi connectivity index (χ1n) is 17.6. The lowest BCUT2D eigenvalue weighted by atomic mass is 10.00. The fourth-order valence-corrected chi connectivity index (χ4v) is 7.49. The normalized spacial score (nSPS) is 11.5. The minimum Gasteiger partial charge on any atom is -0.310 e. The van der Waals surface area contributed by atoms with Crippen LogP contribution in [0.25, 0.3) is 71.8 Å². The SMILES string of the molecule is c1ccc(N(c2ccc(-c3nc4ccccc4nc3-c3ccc4ccccc4c3)cc2)c2ccc3c(c2)c2ccccc2n3-c2ccccc2)cc1. The number of anilines is 3. The van der Waals surface area contributed by atoms with Gasteiger partial charge in [0.2, 0.25) is 0 Å². The van der Waals surface area contributed by atoms with Gasteiger partial charge in [-0.15, -0.1) is 0 Å². The van der Waals surface area contributed by atoms with Gasteiger partial charge >= 0.3 is 0 Å². The van der Waals surface area contributed by atoms with E-state index in [0.29, 0.717) is 0 Å². The van der Waals surface area contributed by atoms with Crippen LogP contribution in [-0.2, 0) is 0 Å². The molecule has 8 aromatic carbocycles. The van der Waals surface area contributed by atoms with Gasteiger partial charge in [-0.2, -0.15) is 0 Å². The van der Waals surface area contributed by atoms with Crippen molar-refractivity contribution in [2.75, 3.05) is 4.90 Å². The van der Waals surface area contributed by atoms with E-state index in [1.54, 1.807) is 0 Å². The molecule has 0 bridgehead atoms. The molecule has 52 heavy (non-hydrogen) atoms. The number of nitrogens with zero attached hydrogens (tertiary/aromatic N) is 4. The highest BCUT2D eigenvalue weighted by atomic mass is 15.1. The van der Waals surface area contributed by atoms with Crippen molar-refractivity contribution in [3.05, 3.63) is 194 Å². The third-order valence-electron chi connectivity index (χ3n) is 9.94. The number of aromatic nitrogens is 3. The third-order valence-corrected chi connectivity index (χ3v) is 9.94. The number of hydrogen-bond donors (Lipinski definition) is 0. The number of fused-ring (bicyclic) bond motifs is 5. The molecule has 4 heteroatoms. The topological polar surface area (TPSA) is 34.0 Å². The van der Waals surface area contributed by atoms with Crippen LogP contribution in [0.4, 0.5) is 17.1 Å². The average Bonchev–Trinajstić information content (AvgIpc) is 3.55. The molecule has 0 aliphatic carbocycles. The molecule has 2 aromatic heterocycles. The van der Waals surface area contributed by atoms with E-state index in [4.69, 9.17) is 9.97 Å². The van der Waals surface area contributed by atoms with Crippen LogP contribution < -0.4 is 4.90 Å². The van der Waals surface area contributed by atoms with E-state index in [-0.39, 0.29) is 0 Å². The molecule has 0 atom stereocenters. The second-order valence-corrected chi connectivity index (χ2v) is 13.1. The second-order valence-electron chi connectivity index (χ2n) is 13.1. The quantitative estimate of drug-likeness (QED) is 0.177. The van der Waals surface area contributed by atoms with Crippen molar-refractivity contribution in [2.45, 2.75) is 0 Å². The Labute approximate surface area is 301 Å². The van der Waals surface area contributed by atoms with Crippen LogP contribution in [0.1, 0.15) is 0 Å². The van der Waals surface area contributed by atoms with E-state index >= 15 is 0 Å². The number of para-hydroxylation sites is 5. The third kappa shape index (κ3) is 5.09. The van der Waals surface area contributed by atoms with Crippen molar-refractivity contribution in [2.24, 2.45) is 0 Å². The van der Waals surface area contributed by atoms with Crippen LogP contribution in [0, 0.1) is 0 Å². The van der Waals surface area contributed by atoms with Crippen LogP contribution >= 0.6 is 0 Å². The number of benzene rings is 8. The summed E-state index contributed by atoms with van der Waals surface area (Å²) in [6, 6.07) is 68.5. The molecule has 0 N–H and O–H groups in total. The van der Waals surface area contributed by atoms with E-state index in [0.717, 1.165) is 56.3 Å². The van der Waals surface area contributed by atoms with E-state index in [2.05, 4.69) is 179 Å². The molecule has 2 heterocycles. The summed E-state index contributed by atoms with van der Waals surface area (Å²) in [5, 5.41) is 4.82. The lowest BCUT2D eigenvalue weighted by molar-refractivity contribution is 1.18. The van der Waals surface area contributed by atoms with Crippen molar-refractivity contribution in [1.82, 2.24) is 14.5 Å². The standard InChI is InChI=1S/C48H32N4/c1-3-15-37(16-4-1)51(40-29-30-46-42(32-40)41-19-9-12-22-45(41)52(46)38-17-5-2-6-18-38)39-27-25-34(26-28-39)47-48(50-44-21-11-10-20-43(44)49-47)36-24-23-33-13-7-8-14-35(33)31-36/h1-32H. The minimum absolute atomic E-state index is 0.863. The van der Waals surface area contributed by atoms with E-state index in [1.807, 2.05) is 24.3 Å². The van der Waals surface area contributed by atoms with Crippen molar-refractivity contribution in [3.8, 4) is 28.2 Å². The summed E-state index contributed by atoms with van der Waals surface area (Å²) < 4.78 is 2.35. The molecule has 0 aliphatic heterocycles. The summed E-state index contributed by atoms with van der Waals surface area (Å²) in [5.74, 6) is 0. The summed E-state index contributed by atoms with van der Waals surface area (Å²) in [4.78, 5) is 12.7. The largest absolute Gasteiger partial charge is 0.310 e. The Kier molecular flexibility index (Phi) is 7.10. The molecule has 0 aliphatic rings. The monoisotopic (exact) mass is 664 g/mol. The minimum atomic E-state index is 0.863. The molecule has 0 fully saturated rings. The fourth-order valence-electron chi connectivity index (χ4n) is 7.49. The first-order valence-corrected chi connectivity index (χ1v) is 17.6. The number of hydrogen-bond acceptors (Lipinski definition) is 3. The molecular formula is C48H32N4. The van der Waals surface area contributed by atoms with Gasteiger partial charge in [-0.05, 0) is 89.6 Å². The van der Waals surface area contributed by atoms with Crippen LogP contribution in [-0.4, -0.2) is 14.5 Å². The van der Waals surface area contributed by atoms with E-state index < -0.39 is 0 Å². The Hall–Kier alpha value is -7.04. The summed E-state index contributed by atoms with van der Waals surface area (Å²) in [6.45, 7) is 0. The fraction of sp³-hybridized carbons (Fsp3) is 0. The summed E-state index contributed by atoms with van der Waals surface area (Å²) in [5.41, 5.74) is 12.3. The Balaban J connectivity index is 1.11. The molecule has 0 amide bonds. The van der Waals surface area contributed by atoms with Gasteiger partial charge in [0.05, 0.1) is 33.5 Å². The van der Waals surface area contributed by atoms with Crippen molar-refractivity contribution in [3.63, 3.8) is 0 Å². The molecule has 0 spiro atoms. The highest BCUT2D eigenvalue weighted by Gasteiger charge is 2.19. The van der Waals surface area contributed by atoms with Crippen LogP contribution in [0.2, 0.25) is 0 Å². The van der Waals surface area contributed by atoms with E-state index in [9.17, 15) is 0 Å². The maximum absolute atomic E-state index is 5.20. The highest BCUT2D eigenvalue weighted by Crippen LogP contribution is 2.41. The second kappa shape index (κ2) is 12.4. The smallest absolute Gasteiger partial charge is 0.0973 e. The Morgan fingerprint density at radius 1 is 0.365 bits per heavy atom. The van der Waals surface area contributed by atoms with Crippen LogP contribution in [0.3, 0.4) is 0 Å². The molecule has 244 valence electrons. The van der Waals surface area contributed by atoms with Gasteiger partial charge < -0.3 is 9.47 Å². The zero-order valence-electron chi connectivity index (χ0n) is 28.3. The summed E-state index contributed by atoms with van der Waals surface area (Å²) in [7, 11) is 0. The summed E-state index contributed by atoms with van der Waals surface area (Å²) in [6.07, 6.45) is 0. The Morgan fingerprint density at radius 2 is 0.923 bits per heavy atom. The van der Waals surface area contributed by atoms with Crippen molar-refractivity contribution in [1.29, 1.82) is 0 Å². The van der Waals surface area contributed by atoms with Crippen molar-refractivity contribution < 1.29 is 0 Å². The molecule has 10 rings (SSSR count).